The van der Waals surface area contributed by atoms with Crippen LogP contribution in [0.3, 0.4) is 0 Å². The van der Waals surface area contributed by atoms with E-state index in [0.717, 1.165) is 23.0 Å². The minimum atomic E-state index is 0.0125. The first-order valence-corrected chi connectivity index (χ1v) is 5.95. The van der Waals surface area contributed by atoms with Crippen LogP contribution in [-0.2, 0) is 0 Å². The van der Waals surface area contributed by atoms with Crippen LogP contribution < -0.4 is 5.32 Å². The zero-order valence-electron chi connectivity index (χ0n) is 9.60. The third-order valence-corrected chi connectivity index (χ3v) is 2.71. The van der Waals surface area contributed by atoms with Crippen LogP contribution >= 0.6 is 11.6 Å². The van der Waals surface area contributed by atoms with Crippen molar-refractivity contribution in [3.8, 4) is 0 Å². The molecule has 0 radical (unpaired) electrons. The lowest BCUT2D eigenvalue weighted by Crippen LogP contribution is -2.23. The van der Waals surface area contributed by atoms with Gasteiger partial charge in [-0.15, -0.1) is 0 Å². The van der Waals surface area contributed by atoms with Crippen molar-refractivity contribution in [1.29, 1.82) is 0 Å². The van der Waals surface area contributed by atoms with Gasteiger partial charge in [-0.2, -0.15) is 0 Å². The van der Waals surface area contributed by atoms with E-state index in [1.54, 1.807) is 12.4 Å². The lowest BCUT2D eigenvalue weighted by atomic mass is 10.1. The highest BCUT2D eigenvalue weighted by molar-refractivity contribution is 6.30. The highest BCUT2D eigenvalue weighted by Gasteiger charge is 2.14. The van der Waals surface area contributed by atoms with E-state index in [1.807, 2.05) is 30.3 Å². The van der Waals surface area contributed by atoms with Crippen molar-refractivity contribution < 1.29 is 0 Å². The molecule has 1 aromatic carbocycles. The second-order valence-electron chi connectivity index (χ2n) is 3.65. The molecule has 2 rings (SSSR count). The highest BCUT2D eigenvalue weighted by Crippen LogP contribution is 2.20. The monoisotopic (exact) mass is 247 g/mol. The van der Waals surface area contributed by atoms with E-state index in [2.05, 4.69) is 22.2 Å². The van der Waals surface area contributed by atoms with Gasteiger partial charge in [-0.1, -0.05) is 30.7 Å². The quantitative estimate of drug-likeness (QED) is 0.903. The summed E-state index contributed by atoms with van der Waals surface area (Å²) >= 11 is 5.89. The van der Waals surface area contributed by atoms with Crippen LogP contribution in [0.4, 0.5) is 0 Å². The van der Waals surface area contributed by atoms with Crippen molar-refractivity contribution in [3.05, 3.63) is 59.1 Å². The molecule has 1 heterocycles. The number of hydrogen-bond donors (Lipinski definition) is 1. The van der Waals surface area contributed by atoms with Gasteiger partial charge in [0.15, 0.2) is 0 Å². The molecule has 0 fully saturated rings. The standard InChI is InChI=1S/C13H14ClN3/c1-2-15-12(13-16-8-3-9-17-13)10-4-6-11(14)7-5-10/h3-9,12,15H,2H2,1H3. The number of hydrogen-bond acceptors (Lipinski definition) is 3. The van der Waals surface area contributed by atoms with Crippen molar-refractivity contribution in [3.63, 3.8) is 0 Å². The average molecular weight is 248 g/mol. The van der Waals surface area contributed by atoms with Gasteiger partial charge in [0, 0.05) is 17.4 Å². The molecule has 0 aliphatic rings. The minimum absolute atomic E-state index is 0.0125. The van der Waals surface area contributed by atoms with Crippen molar-refractivity contribution in [1.82, 2.24) is 15.3 Å². The first kappa shape index (κ1) is 12.0. The van der Waals surface area contributed by atoms with Crippen LogP contribution in [0.1, 0.15) is 24.4 Å². The van der Waals surface area contributed by atoms with Gasteiger partial charge in [0.05, 0.1) is 6.04 Å². The predicted octanol–water partition coefficient (Wildman–Crippen LogP) is 2.83. The lowest BCUT2D eigenvalue weighted by molar-refractivity contribution is 0.597. The Morgan fingerprint density at radius 3 is 2.41 bits per heavy atom. The van der Waals surface area contributed by atoms with Gasteiger partial charge in [0.25, 0.3) is 0 Å². The molecule has 2 aromatic rings. The Labute approximate surface area is 106 Å². The molecule has 0 spiro atoms. The van der Waals surface area contributed by atoms with Crippen molar-refractivity contribution in [2.24, 2.45) is 0 Å². The molecular formula is C13H14ClN3. The van der Waals surface area contributed by atoms with E-state index in [0.29, 0.717) is 0 Å². The molecule has 0 amide bonds. The second-order valence-corrected chi connectivity index (χ2v) is 4.09. The molecular weight excluding hydrogens is 234 g/mol. The first-order valence-electron chi connectivity index (χ1n) is 5.57. The molecule has 0 aliphatic heterocycles. The Bertz CT molecular complexity index is 456. The minimum Gasteiger partial charge on any atom is -0.304 e. The number of benzene rings is 1. The van der Waals surface area contributed by atoms with Gasteiger partial charge in [0.2, 0.25) is 0 Å². The van der Waals surface area contributed by atoms with E-state index < -0.39 is 0 Å². The van der Waals surface area contributed by atoms with Crippen LogP contribution in [0.25, 0.3) is 0 Å². The summed E-state index contributed by atoms with van der Waals surface area (Å²) in [5.41, 5.74) is 1.11. The number of halogens is 1. The molecule has 17 heavy (non-hydrogen) atoms. The van der Waals surface area contributed by atoms with E-state index in [1.165, 1.54) is 0 Å². The maximum Gasteiger partial charge on any atom is 0.149 e. The molecule has 0 aliphatic carbocycles. The Hall–Kier alpha value is -1.45. The molecule has 0 saturated heterocycles. The fourth-order valence-electron chi connectivity index (χ4n) is 1.68. The third-order valence-electron chi connectivity index (χ3n) is 2.46. The molecule has 0 bridgehead atoms. The van der Waals surface area contributed by atoms with Crippen molar-refractivity contribution in [2.75, 3.05) is 6.54 Å². The molecule has 3 nitrogen and oxygen atoms in total. The Morgan fingerprint density at radius 1 is 1.18 bits per heavy atom. The largest absolute Gasteiger partial charge is 0.304 e. The third kappa shape index (κ3) is 3.02. The van der Waals surface area contributed by atoms with Crippen LogP contribution in [0.15, 0.2) is 42.7 Å². The van der Waals surface area contributed by atoms with Gasteiger partial charge < -0.3 is 5.32 Å². The highest BCUT2D eigenvalue weighted by atomic mass is 35.5. The Morgan fingerprint density at radius 2 is 1.82 bits per heavy atom. The summed E-state index contributed by atoms with van der Waals surface area (Å²) in [5.74, 6) is 0.775. The van der Waals surface area contributed by atoms with E-state index >= 15 is 0 Å². The first-order chi connectivity index (χ1) is 8.31. The average Bonchev–Trinajstić information content (AvgIpc) is 2.38. The van der Waals surface area contributed by atoms with Crippen LogP contribution in [0.5, 0.6) is 0 Å². The summed E-state index contributed by atoms with van der Waals surface area (Å²) in [6.45, 7) is 2.91. The van der Waals surface area contributed by atoms with Gasteiger partial charge in [-0.05, 0) is 30.3 Å². The Balaban J connectivity index is 2.32. The van der Waals surface area contributed by atoms with Crippen LogP contribution in [0, 0.1) is 0 Å². The molecule has 0 saturated carbocycles. The normalized spacial score (nSPS) is 12.4. The molecule has 1 aromatic heterocycles. The molecule has 1 N–H and O–H groups in total. The maximum atomic E-state index is 5.89. The van der Waals surface area contributed by atoms with Gasteiger partial charge >= 0.3 is 0 Å². The van der Waals surface area contributed by atoms with Gasteiger partial charge in [0.1, 0.15) is 5.82 Å². The maximum absolute atomic E-state index is 5.89. The number of nitrogens with one attached hydrogen (secondary N) is 1. The second kappa shape index (κ2) is 5.75. The van der Waals surface area contributed by atoms with E-state index in [4.69, 9.17) is 11.6 Å². The smallest absolute Gasteiger partial charge is 0.149 e. The summed E-state index contributed by atoms with van der Waals surface area (Å²) in [4.78, 5) is 8.58. The van der Waals surface area contributed by atoms with Crippen LogP contribution in [-0.4, -0.2) is 16.5 Å². The summed E-state index contributed by atoms with van der Waals surface area (Å²) in [6.07, 6.45) is 3.51. The summed E-state index contributed by atoms with van der Waals surface area (Å²) in [7, 11) is 0. The predicted molar refractivity (Wildman–Crippen MR) is 69.0 cm³/mol. The van der Waals surface area contributed by atoms with Crippen molar-refractivity contribution >= 4 is 11.6 Å². The van der Waals surface area contributed by atoms with Crippen molar-refractivity contribution in [2.45, 2.75) is 13.0 Å². The lowest BCUT2D eigenvalue weighted by Gasteiger charge is -2.16. The summed E-state index contributed by atoms with van der Waals surface area (Å²) in [6, 6.07) is 9.57. The molecule has 1 atom stereocenters. The Kier molecular flexibility index (Phi) is 4.07. The zero-order valence-corrected chi connectivity index (χ0v) is 10.4. The number of rotatable bonds is 4. The van der Waals surface area contributed by atoms with Crippen LogP contribution in [0.2, 0.25) is 5.02 Å². The summed E-state index contributed by atoms with van der Waals surface area (Å²) < 4.78 is 0. The molecule has 4 heteroatoms. The fraction of sp³-hybridized carbons (Fsp3) is 0.231. The topological polar surface area (TPSA) is 37.8 Å². The van der Waals surface area contributed by atoms with E-state index in [9.17, 15) is 0 Å². The number of nitrogens with zero attached hydrogens (tertiary/aromatic N) is 2. The van der Waals surface area contributed by atoms with Gasteiger partial charge in [-0.25, -0.2) is 9.97 Å². The summed E-state index contributed by atoms with van der Waals surface area (Å²) in [5, 5.41) is 4.10. The fourth-order valence-corrected chi connectivity index (χ4v) is 1.80. The molecule has 1 unspecified atom stereocenters. The zero-order chi connectivity index (χ0) is 12.1. The molecule has 88 valence electrons. The SMILES string of the molecule is CCNC(c1ccc(Cl)cc1)c1ncccn1. The van der Waals surface area contributed by atoms with E-state index in [-0.39, 0.29) is 6.04 Å². The number of aromatic nitrogens is 2. The van der Waals surface area contributed by atoms with Gasteiger partial charge in [-0.3, -0.25) is 0 Å².